The van der Waals surface area contributed by atoms with Crippen molar-refractivity contribution in [1.82, 2.24) is 0 Å². The van der Waals surface area contributed by atoms with Crippen molar-refractivity contribution in [1.29, 1.82) is 0 Å². The highest BCUT2D eigenvalue weighted by molar-refractivity contribution is 7.18. The second kappa shape index (κ2) is 9.66. The average molecular weight is 428 g/mol. The average Bonchev–Trinajstić information content (AvgIpc) is 2.95. The van der Waals surface area contributed by atoms with Gasteiger partial charge in [-0.15, -0.1) is 11.3 Å². The Morgan fingerprint density at radius 2 is 1.79 bits per heavy atom. The van der Waals surface area contributed by atoms with E-state index in [9.17, 15) is 18.8 Å². The van der Waals surface area contributed by atoms with Gasteiger partial charge in [0.2, 0.25) is 5.91 Å². The van der Waals surface area contributed by atoms with Crippen molar-refractivity contribution in [3.63, 3.8) is 0 Å². The van der Waals surface area contributed by atoms with E-state index >= 15 is 0 Å². The van der Waals surface area contributed by atoms with Gasteiger partial charge in [-0.25, -0.2) is 14.0 Å². The molecule has 1 aromatic heterocycles. The first kappa shape index (κ1) is 21.8. The molecule has 2 aromatic rings. The van der Waals surface area contributed by atoms with Crippen LogP contribution < -0.4 is 5.32 Å². The number of benzene rings is 1. The molecule has 1 heterocycles. The summed E-state index contributed by atoms with van der Waals surface area (Å²) in [5, 5.41) is 2.81. The van der Waals surface area contributed by atoms with Gasteiger partial charge in [-0.3, -0.25) is 4.79 Å². The first-order chi connectivity index (χ1) is 13.3. The third-order valence-corrected chi connectivity index (χ3v) is 5.28. The largest absolute Gasteiger partial charge is 0.462 e. The van der Waals surface area contributed by atoms with Gasteiger partial charge in [0.05, 0.1) is 25.2 Å². The van der Waals surface area contributed by atoms with E-state index in [4.69, 9.17) is 21.1 Å². The van der Waals surface area contributed by atoms with Crippen LogP contribution in [-0.4, -0.2) is 31.1 Å². The third kappa shape index (κ3) is 4.88. The van der Waals surface area contributed by atoms with Gasteiger partial charge in [-0.05, 0) is 38.5 Å². The summed E-state index contributed by atoms with van der Waals surface area (Å²) >= 11 is 6.85. The topological polar surface area (TPSA) is 81.7 Å². The fourth-order valence-corrected chi connectivity index (χ4v) is 3.81. The molecule has 1 N–H and O–H groups in total. The number of amides is 1. The molecule has 0 aliphatic carbocycles. The lowest BCUT2D eigenvalue weighted by Crippen LogP contribution is -2.17. The molecular formula is C19H19ClFNO5S. The Bertz CT molecular complexity index is 892. The standard InChI is InChI=1S/C19H19ClFNO5S/c1-4-26-18(24)15-10(3)16(19(25)27-5-2)28-17(15)22-14(23)9-11-12(20)7-6-8-13(11)21/h6-8H,4-5,9H2,1-3H3,(H,22,23). The summed E-state index contributed by atoms with van der Waals surface area (Å²) in [5.41, 5.74) is 0.460. The first-order valence-corrected chi connectivity index (χ1v) is 9.69. The molecule has 6 nitrogen and oxygen atoms in total. The maximum Gasteiger partial charge on any atom is 0.348 e. The molecule has 0 radical (unpaired) electrons. The molecule has 0 saturated carbocycles. The van der Waals surface area contributed by atoms with Crippen molar-refractivity contribution < 1.29 is 28.2 Å². The molecule has 0 spiro atoms. The molecule has 0 bridgehead atoms. The number of ether oxygens (including phenoxy) is 2. The van der Waals surface area contributed by atoms with Crippen molar-refractivity contribution in [2.24, 2.45) is 0 Å². The molecule has 9 heteroatoms. The highest BCUT2D eigenvalue weighted by Crippen LogP contribution is 2.34. The van der Waals surface area contributed by atoms with Crippen LogP contribution in [0.1, 0.15) is 45.0 Å². The molecule has 0 aliphatic heterocycles. The number of rotatable bonds is 7. The van der Waals surface area contributed by atoms with Gasteiger partial charge >= 0.3 is 11.9 Å². The van der Waals surface area contributed by atoms with Gasteiger partial charge in [-0.1, -0.05) is 17.7 Å². The zero-order chi connectivity index (χ0) is 20.8. The predicted octanol–water partition coefficient (Wildman–Crippen LogP) is 4.38. The van der Waals surface area contributed by atoms with Gasteiger partial charge in [0.1, 0.15) is 15.7 Å². The van der Waals surface area contributed by atoms with Crippen molar-refractivity contribution in [2.75, 3.05) is 18.5 Å². The molecule has 28 heavy (non-hydrogen) atoms. The summed E-state index contributed by atoms with van der Waals surface area (Å²) in [5.74, 6) is -2.48. The van der Waals surface area contributed by atoms with Crippen LogP contribution in [0.2, 0.25) is 5.02 Å². The second-order valence-electron chi connectivity index (χ2n) is 5.63. The number of hydrogen-bond acceptors (Lipinski definition) is 6. The van der Waals surface area contributed by atoms with Crippen LogP contribution in [0.4, 0.5) is 9.39 Å². The monoisotopic (exact) mass is 427 g/mol. The van der Waals surface area contributed by atoms with Gasteiger partial charge in [-0.2, -0.15) is 0 Å². The van der Waals surface area contributed by atoms with E-state index in [1.807, 2.05) is 0 Å². The van der Waals surface area contributed by atoms with Crippen molar-refractivity contribution in [3.8, 4) is 0 Å². The Kier molecular flexibility index (Phi) is 7.53. The Labute approximate surface area is 170 Å². The van der Waals surface area contributed by atoms with Crippen LogP contribution in [0, 0.1) is 12.7 Å². The van der Waals surface area contributed by atoms with E-state index in [0.29, 0.717) is 5.56 Å². The first-order valence-electron chi connectivity index (χ1n) is 8.50. The lowest BCUT2D eigenvalue weighted by Gasteiger charge is -2.08. The molecule has 0 saturated heterocycles. The van der Waals surface area contributed by atoms with Crippen LogP contribution >= 0.6 is 22.9 Å². The molecule has 0 fully saturated rings. The molecule has 150 valence electrons. The number of carbonyl (C=O) groups is 3. The fraction of sp³-hybridized carbons (Fsp3) is 0.316. The Morgan fingerprint density at radius 1 is 1.14 bits per heavy atom. The van der Waals surface area contributed by atoms with E-state index in [0.717, 1.165) is 11.3 Å². The Morgan fingerprint density at radius 3 is 2.39 bits per heavy atom. The van der Waals surface area contributed by atoms with Gasteiger partial charge in [0.25, 0.3) is 0 Å². The highest BCUT2D eigenvalue weighted by Gasteiger charge is 2.27. The zero-order valence-corrected chi connectivity index (χ0v) is 17.1. The maximum absolute atomic E-state index is 13.9. The molecule has 2 rings (SSSR count). The van der Waals surface area contributed by atoms with Crippen LogP contribution in [0.25, 0.3) is 0 Å². The summed E-state index contributed by atoms with van der Waals surface area (Å²) in [7, 11) is 0. The minimum absolute atomic E-state index is 0.0400. The summed E-state index contributed by atoms with van der Waals surface area (Å²) < 4.78 is 23.9. The number of thiophene rings is 1. The molecule has 1 amide bonds. The number of halogens is 2. The van der Waals surface area contributed by atoms with E-state index < -0.39 is 23.7 Å². The SMILES string of the molecule is CCOC(=O)c1sc(NC(=O)Cc2c(F)cccc2Cl)c(C(=O)OCC)c1C. The van der Waals surface area contributed by atoms with E-state index in [2.05, 4.69) is 5.32 Å². The highest BCUT2D eigenvalue weighted by atomic mass is 35.5. The zero-order valence-electron chi connectivity index (χ0n) is 15.6. The van der Waals surface area contributed by atoms with Crippen LogP contribution in [-0.2, 0) is 20.7 Å². The van der Waals surface area contributed by atoms with E-state index in [-0.39, 0.29) is 45.7 Å². The molecule has 1 aromatic carbocycles. The van der Waals surface area contributed by atoms with Crippen LogP contribution in [0.15, 0.2) is 18.2 Å². The van der Waals surface area contributed by atoms with E-state index in [1.54, 1.807) is 20.8 Å². The van der Waals surface area contributed by atoms with Crippen molar-refractivity contribution in [2.45, 2.75) is 27.2 Å². The number of anilines is 1. The smallest absolute Gasteiger partial charge is 0.348 e. The summed E-state index contributed by atoms with van der Waals surface area (Å²) in [6.45, 7) is 5.16. The number of hydrogen-bond donors (Lipinski definition) is 1. The third-order valence-electron chi connectivity index (χ3n) is 3.74. The number of carbonyl (C=O) groups excluding carboxylic acids is 3. The lowest BCUT2D eigenvalue weighted by atomic mass is 10.1. The maximum atomic E-state index is 13.9. The molecule has 0 unspecified atom stereocenters. The summed E-state index contributed by atoms with van der Waals surface area (Å²) in [4.78, 5) is 37.1. The number of nitrogens with one attached hydrogen (secondary N) is 1. The Balaban J connectivity index is 2.35. The predicted molar refractivity (Wildman–Crippen MR) is 105 cm³/mol. The summed E-state index contributed by atoms with van der Waals surface area (Å²) in [6.07, 6.45) is -0.334. The molecule has 0 atom stereocenters. The quantitative estimate of drug-likeness (QED) is 0.663. The normalized spacial score (nSPS) is 10.5. The number of esters is 2. The van der Waals surface area contributed by atoms with Crippen LogP contribution in [0.5, 0.6) is 0 Å². The Hall–Kier alpha value is -2.45. The van der Waals surface area contributed by atoms with Crippen LogP contribution in [0.3, 0.4) is 0 Å². The lowest BCUT2D eigenvalue weighted by molar-refractivity contribution is -0.115. The van der Waals surface area contributed by atoms with Gasteiger partial charge in [0, 0.05) is 10.6 Å². The van der Waals surface area contributed by atoms with Crippen molar-refractivity contribution in [3.05, 3.63) is 50.6 Å². The molecular weight excluding hydrogens is 409 g/mol. The minimum atomic E-state index is -0.675. The minimum Gasteiger partial charge on any atom is -0.462 e. The fourth-order valence-electron chi connectivity index (χ4n) is 2.47. The summed E-state index contributed by atoms with van der Waals surface area (Å²) in [6, 6.07) is 4.12. The molecule has 0 aliphatic rings. The van der Waals surface area contributed by atoms with Gasteiger partial charge in [0.15, 0.2) is 0 Å². The second-order valence-corrected chi connectivity index (χ2v) is 7.05. The van der Waals surface area contributed by atoms with Crippen molar-refractivity contribution >= 4 is 45.8 Å². The van der Waals surface area contributed by atoms with Gasteiger partial charge < -0.3 is 14.8 Å². The van der Waals surface area contributed by atoms with E-state index in [1.165, 1.54) is 18.2 Å².